The van der Waals surface area contributed by atoms with Crippen LogP contribution in [0.25, 0.3) is 11.0 Å². The molecule has 2 fully saturated rings. The molecule has 1 amide bonds. The van der Waals surface area contributed by atoms with Gasteiger partial charge in [0.2, 0.25) is 0 Å². The Hall–Kier alpha value is -2.34. The second-order valence-corrected chi connectivity index (χ2v) is 7.54. The number of benzene rings is 1. The highest BCUT2D eigenvalue weighted by molar-refractivity contribution is 5.89. The molecule has 2 aromatic rings. The van der Waals surface area contributed by atoms with Crippen molar-refractivity contribution in [2.75, 3.05) is 18.5 Å². The lowest BCUT2D eigenvalue weighted by atomic mass is 9.84. The minimum Gasteiger partial charge on any atom is -0.450 e. The summed E-state index contributed by atoms with van der Waals surface area (Å²) in [7, 11) is 0. The summed E-state index contributed by atoms with van der Waals surface area (Å²) in [5, 5.41) is 3.57. The third-order valence-corrected chi connectivity index (χ3v) is 5.78. The molecule has 1 aliphatic carbocycles. The van der Waals surface area contributed by atoms with E-state index in [4.69, 9.17) is 9.15 Å². The Morgan fingerprint density at radius 3 is 2.96 bits per heavy atom. The molecule has 1 saturated heterocycles. The van der Waals surface area contributed by atoms with Crippen LogP contribution in [-0.4, -0.2) is 30.2 Å². The van der Waals surface area contributed by atoms with Gasteiger partial charge in [0.15, 0.2) is 0 Å². The van der Waals surface area contributed by atoms with Gasteiger partial charge in [0.1, 0.15) is 5.58 Å². The Morgan fingerprint density at radius 1 is 1.26 bits per heavy atom. The number of hydrogen-bond donors (Lipinski definition) is 1. The fourth-order valence-electron chi connectivity index (χ4n) is 4.48. The minimum atomic E-state index is -0.518. The molecule has 0 spiro atoms. The molecule has 144 valence electrons. The van der Waals surface area contributed by atoms with Gasteiger partial charge in [0.25, 0.3) is 0 Å². The Bertz CT molecular complexity index is 891. The van der Waals surface area contributed by atoms with Crippen LogP contribution in [0.15, 0.2) is 33.5 Å². The second kappa shape index (κ2) is 7.72. The highest BCUT2D eigenvalue weighted by Crippen LogP contribution is 2.37. The molecule has 4 rings (SSSR count). The quantitative estimate of drug-likeness (QED) is 0.820. The molecule has 1 aliphatic heterocycles. The lowest BCUT2D eigenvalue weighted by Crippen LogP contribution is -2.54. The molecule has 27 heavy (non-hydrogen) atoms. The Labute approximate surface area is 158 Å². The van der Waals surface area contributed by atoms with Crippen molar-refractivity contribution in [1.82, 2.24) is 4.90 Å². The zero-order chi connectivity index (χ0) is 18.8. The van der Waals surface area contributed by atoms with Crippen LogP contribution in [0.2, 0.25) is 0 Å². The minimum absolute atomic E-state index is 0.302. The highest BCUT2D eigenvalue weighted by atomic mass is 16.5. The normalized spacial score (nSPS) is 22.6. The third-order valence-electron chi connectivity index (χ3n) is 5.78. The first-order valence-electron chi connectivity index (χ1n) is 9.88. The Kier molecular flexibility index (Phi) is 5.16. The number of ether oxygens (including phenoxy) is 1. The number of carbonyl (C=O) groups is 1. The molecular formula is C21H26N2O4. The maximum atomic E-state index is 12.1. The molecular weight excluding hydrogens is 344 g/mol. The van der Waals surface area contributed by atoms with Crippen molar-refractivity contribution in [2.45, 2.75) is 51.6 Å². The third kappa shape index (κ3) is 3.86. The molecule has 1 aromatic carbocycles. The Balaban J connectivity index is 1.56. The molecule has 6 heteroatoms. The van der Waals surface area contributed by atoms with E-state index in [2.05, 4.69) is 10.2 Å². The number of nitrogens with zero attached hydrogens (tertiary/aromatic N) is 1. The molecule has 0 unspecified atom stereocenters. The molecule has 2 heterocycles. The van der Waals surface area contributed by atoms with E-state index < -0.39 is 6.09 Å². The average Bonchev–Trinajstić information content (AvgIpc) is 2.80. The van der Waals surface area contributed by atoms with Gasteiger partial charge in [0.05, 0.1) is 6.61 Å². The van der Waals surface area contributed by atoms with Crippen molar-refractivity contribution in [3.63, 3.8) is 0 Å². The summed E-state index contributed by atoms with van der Waals surface area (Å²) in [6.45, 7) is 3.94. The van der Waals surface area contributed by atoms with Crippen LogP contribution in [0.3, 0.4) is 0 Å². The van der Waals surface area contributed by atoms with Crippen molar-refractivity contribution in [3.05, 3.63) is 40.2 Å². The first kappa shape index (κ1) is 18.0. The van der Waals surface area contributed by atoms with Crippen LogP contribution in [-0.2, 0) is 11.3 Å². The molecule has 2 atom stereocenters. The van der Waals surface area contributed by atoms with Crippen LogP contribution < -0.4 is 10.9 Å². The number of hydrogen-bond acceptors (Lipinski definition) is 5. The SMILES string of the molecule is CCOC(=O)Nc1ccc2c(CN3C[C@H]4CCCCC[C@H]43)cc(=O)oc2c1. The second-order valence-electron chi connectivity index (χ2n) is 7.54. The topological polar surface area (TPSA) is 71.8 Å². The number of fused-ring (bicyclic) bond motifs is 2. The zero-order valence-corrected chi connectivity index (χ0v) is 15.7. The van der Waals surface area contributed by atoms with E-state index in [0.717, 1.165) is 30.0 Å². The molecule has 1 saturated carbocycles. The highest BCUT2D eigenvalue weighted by Gasteiger charge is 2.38. The van der Waals surface area contributed by atoms with Crippen molar-refractivity contribution >= 4 is 22.7 Å². The maximum absolute atomic E-state index is 12.1. The standard InChI is InChI=1S/C21H26N2O4/c1-2-26-21(25)22-16-8-9-17-15(10-20(24)27-19(17)11-16)13-23-12-14-6-4-3-5-7-18(14)23/h8-11,14,18H,2-7,12-13H2,1H3,(H,22,25)/t14-,18-/m1/s1. The van der Waals surface area contributed by atoms with Crippen LogP contribution in [0.5, 0.6) is 0 Å². The summed E-state index contributed by atoms with van der Waals surface area (Å²) in [6.07, 6.45) is 6.07. The number of carbonyl (C=O) groups excluding carboxylic acids is 1. The summed E-state index contributed by atoms with van der Waals surface area (Å²) in [5.41, 5.74) is 1.68. The van der Waals surface area contributed by atoms with E-state index >= 15 is 0 Å². The van der Waals surface area contributed by atoms with Crippen LogP contribution in [0, 0.1) is 5.92 Å². The van der Waals surface area contributed by atoms with Crippen molar-refractivity contribution < 1.29 is 13.9 Å². The molecule has 2 aliphatic rings. The number of anilines is 1. The average molecular weight is 370 g/mol. The predicted molar refractivity (Wildman–Crippen MR) is 104 cm³/mol. The molecule has 1 aromatic heterocycles. The molecule has 6 nitrogen and oxygen atoms in total. The van der Waals surface area contributed by atoms with Crippen LogP contribution >= 0.6 is 0 Å². The van der Waals surface area contributed by atoms with Gasteiger partial charge in [-0.25, -0.2) is 9.59 Å². The van der Waals surface area contributed by atoms with Crippen molar-refractivity contribution in [2.24, 2.45) is 5.92 Å². The molecule has 0 bridgehead atoms. The summed E-state index contributed by atoms with van der Waals surface area (Å²) in [4.78, 5) is 26.2. The van der Waals surface area contributed by atoms with E-state index in [1.54, 1.807) is 19.1 Å². The van der Waals surface area contributed by atoms with E-state index in [1.807, 2.05) is 12.1 Å². The molecule has 0 radical (unpaired) electrons. The summed E-state index contributed by atoms with van der Waals surface area (Å²) < 4.78 is 10.3. The molecule has 1 N–H and O–H groups in total. The van der Waals surface area contributed by atoms with E-state index in [9.17, 15) is 9.59 Å². The Morgan fingerprint density at radius 2 is 2.11 bits per heavy atom. The lowest BCUT2D eigenvalue weighted by Gasteiger charge is -2.48. The largest absolute Gasteiger partial charge is 0.450 e. The van der Waals surface area contributed by atoms with Crippen LogP contribution in [0.4, 0.5) is 10.5 Å². The number of amides is 1. The predicted octanol–water partition coefficient (Wildman–Crippen LogP) is 4.13. The van der Waals surface area contributed by atoms with E-state index in [-0.39, 0.29) is 5.63 Å². The fourth-order valence-corrected chi connectivity index (χ4v) is 4.48. The summed E-state index contributed by atoms with van der Waals surface area (Å²) in [5.74, 6) is 0.819. The van der Waals surface area contributed by atoms with Gasteiger partial charge < -0.3 is 9.15 Å². The van der Waals surface area contributed by atoms with Crippen molar-refractivity contribution in [3.8, 4) is 0 Å². The fraction of sp³-hybridized carbons (Fsp3) is 0.524. The zero-order valence-electron chi connectivity index (χ0n) is 15.7. The van der Waals surface area contributed by atoms with E-state index in [1.165, 1.54) is 32.1 Å². The first-order valence-corrected chi connectivity index (χ1v) is 9.88. The smallest absolute Gasteiger partial charge is 0.411 e. The van der Waals surface area contributed by atoms with Gasteiger partial charge in [-0.05, 0) is 43.4 Å². The summed E-state index contributed by atoms with van der Waals surface area (Å²) in [6, 6.07) is 7.65. The maximum Gasteiger partial charge on any atom is 0.411 e. The first-order chi connectivity index (χ1) is 13.1. The summed E-state index contributed by atoms with van der Waals surface area (Å²) >= 11 is 0. The van der Waals surface area contributed by atoms with Gasteiger partial charge in [-0.2, -0.15) is 0 Å². The number of nitrogens with one attached hydrogen (secondary N) is 1. The lowest BCUT2D eigenvalue weighted by molar-refractivity contribution is 0.00326. The van der Waals surface area contributed by atoms with Gasteiger partial charge in [-0.15, -0.1) is 0 Å². The van der Waals surface area contributed by atoms with Crippen molar-refractivity contribution in [1.29, 1.82) is 0 Å². The van der Waals surface area contributed by atoms with Gasteiger partial charge >= 0.3 is 11.7 Å². The van der Waals surface area contributed by atoms with Crippen LogP contribution in [0.1, 0.15) is 44.6 Å². The van der Waals surface area contributed by atoms with Gasteiger partial charge in [-0.1, -0.05) is 19.3 Å². The number of rotatable bonds is 4. The monoisotopic (exact) mass is 370 g/mol. The van der Waals surface area contributed by atoms with E-state index in [0.29, 0.717) is 23.9 Å². The van der Waals surface area contributed by atoms with Gasteiger partial charge in [-0.3, -0.25) is 10.2 Å². The number of likely N-dealkylation sites (tertiary alicyclic amines) is 1. The van der Waals surface area contributed by atoms with Gasteiger partial charge in [0, 0.05) is 42.3 Å².